The molecule has 0 saturated carbocycles. The number of hydrogen-bond donors (Lipinski definition) is 1. The lowest BCUT2D eigenvalue weighted by molar-refractivity contribution is -0.127. The van der Waals surface area contributed by atoms with Gasteiger partial charge >= 0.3 is 0 Å². The minimum atomic E-state index is -0.208. The number of carbonyl (C=O) groups is 1. The second-order valence-electron chi connectivity index (χ2n) is 4.32. The maximum Gasteiger partial charge on any atom is 0.231 e. The highest BCUT2D eigenvalue weighted by molar-refractivity contribution is 5.98. The lowest BCUT2D eigenvalue weighted by atomic mass is 10.0. The smallest absolute Gasteiger partial charge is 0.231 e. The zero-order chi connectivity index (χ0) is 12.7. The topological polar surface area (TPSA) is 76.0 Å². The molecular formula is C12H13N5O. The number of hydrogen-bond acceptors (Lipinski definition) is 4. The van der Waals surface area contributed by atoms with Crippen LogP contribution in [0.5, 0.6) is 0 Å². The van der Waals surface area contributed by atoms with Crippen LogP contribution < -0.4 is 5.73 Å². The molecule has 1 atom stereocenters. The molecule has 0 saturated heterocycles. The minimum absolute atomic E-state index is 0.0155. The van der Waals surface area contributed by atoms with E-state index in [9.17, 15) is 4.79 Å². The number of nitrogens with zero attached hydrogens (tertiary/aromatic N) is 4. The molecule has 1 amide bonds. The van der Waals surface area contributed by atoms with Crippen LogP contribution in [-0.4, -0.2) is 33.2 Å². The van der Waals surface area contributed by atoms with Crippen molar-refractivity contribution in [2.75, 3.05) is 7.05 Å². The molecule has 1 aliphatic rings. The Labute approximate surface area is 104 Å². The van der Waals surface area contributed by atoms with Crippen LogP contribution in [-0.2, 0) is 4.79 Å². The fourth-order valence-electron chi connectivity index (χ4n) is 2.05. The number of carbonyl (C=O) groups excluding carboxylic acids is 1. The second kappa shape index (κ2) is 3.83. The summed E-state index contributed by atoms with van der Waals surface area (Å²) in [5, 5.41) is 0. The van der Waals surface area contributed by atoms with Gasteiger partial charge in [0.1, 0.15) is 5.65 Å². The standard InChI is InChI=1S/C12H13N5O/c1-16-11(18)6-9(15-12(16)13)8-2-3-10-14-4-5-17(10)7-8/h2-5,7,9H,6H2,1H3,(H2,13,15)/t9-/m0/s1. The van der Waals surface area contributed by atoms with Gasteiger partial charge < -0.3 is 10.1 Å². The zero-order valence-corrected chi connectivity index (χ0v) is 9.95. The fraction of sp³-hybridized carbons (Fsp3) is 0.250. The molecule has 3 heterocycles. The van der Waals surface area contributed by atoms with Gasteiger partial charge in [-0.2, -0.15) is 0 Å². The molecule has 6 nitrogen and oxygen atoms in total. The highest BCUT2D eigenvalue weighted by Crippen LogP contribution is 2.25. The zero-order valence-electron chi connectivity index (χ0n) is 9.95. The Morgan fingerprint density at radius 2 is 2.28 bits per heavy atom. The average Bonchev–Trinajstić information content (AvgIpc) is 2.82. The van der Waals surface area contributed by atoms with Gasteiger partial charge in [-0.1, -0.05) is 6.07 Å². The van der Waals surface area contributed by atoms with E-state index < -0.39 is 0 Å². The molecule has 0 fully saturated rings. The lowest BCUT2D eigenvalue weighted by Gasteiger charge is -2.25. The molecule has 2 N–H and O–H groups in total. The molecule has 2 aromatic heterocycles. The van der Waals surface area contributed by atoms with Gasteiger partial charge in [0, 0.05) is 25.6 Å². The Morgan fingerprint density at radius 3 is 3.06 bits per heavy atom. The van der Waals surface area contributed by atoms with Crippen LogP contribution in [0.25, 0.3) is 5.65 Å². The van der Waals surface area contributed by atoms with Gasteiger partial charge in [-0.15, -0.1) is 0 Å². The number of fused-ring (bicyclic) bond motifs is 1. The number of imidazole rings is 1. The van der Waals surface area contributed by atoms with Crippen molar-refractivity contribution in [1.29, 1.82) is 0 Å². The quantitative estimate of drug-likeness (QED) is 0.794. The largest absolute Gasteiger partial charge is 0.369 e. The summed E-state index contributed by atoms with van der Waals surface area (Å²) >= 11 is 0. The second-order valence-corrected chi connectivity index (χ2v) is 4.32. The van der Waals surface area contributed by atoms with Crippen LogP contribution in [0, 0.1) is 0 Å². The Morgan fingerprint density at radius 1 is 1.44 bits per heavy atom. The number of amides is 1. The van der Waals surface area contributed by atoms with Crippen LogP contribution in [0.3, 0.4) is 0 Å². The number of aliphatic imine (C=N–C) groups is 1. The van der Waals surface area contributed by atoms with Crippen molar-refractivity contribution in [1.82, 2.24) is 14.3 Å². The third-order valence-electron chi connectivity index (χ3n) is 3.17. The summed E-state index contributed by atoms with van der Waals surface area (Å²) in [4.78, 5) is 21.6. The third kappa shape index (κ3) is 1.62. The molecule has 0 bridgehead atoms. The summed E-state index contributed by atoms with van der Waals surface area (Å²) in [5.74, 6) is 0.250. The highest BCUT2D eigenvalue weighted by Gasteiger charge is 2.25. The van der Waals surface area contributed by atoms with Gasteiger partial charge in [-0.3, -0.25) is 9.69 Å². The molecule has 6 heteroatoms. The molecule has 92 valence electrons. The van der Waals surface area contributed by atoms with E-state index in [1.807, 2.05) is 28.9 Å². The van der Waals surface area contributed by atoms with Crippen molar-refractivity contribution in [2.45, 2.75) is 12.5 Å². The minimum Gasteiger partial charge on any atom is -0.369 e. The van der Waals surface area contributed by atoms with Crippen LogP contribution in [0.2, 0.25) is 0 Å². The van der Waals surface area contributed by atoms with Crippen molar-refractivity contribution >= 4 is 17.5 Å². The molecule has 2 aromatic rings. The van der Waals surface area contributed by atoms with E-state index >= 15 is 0 Å². The van der Waals surface area contributed by atoms with Crippen LogP contribution in [0.1, 0.15) is 18.0 Å². The summed E-state index contributed by atoms with van der Waals surface area (Å²) in [5.41, 5.74) is 7.56. The Bertz CT molecular complexity index is 645. The average molecular weight is 243 g/mol. The number of rotatable bonds is 1. The molecule has 18 heavy (non-hydrogen) atoms. The van der Waals surface area contributed by atoms with Crippen molar-refractivity contribution in [3.63, 3.8) is 0 Å². The summed E-state index contributed by atoms with van der Waals surface area (Å²) in [7, 11) is 1.64. The van der Waals surface area contributed by atoms with Crippen LogP contribution in [0.15, 0.2) is 35.7 Å². The molecule has 1 aliphatic heterocycles. The SMILES string of the molecule is CN1C(=O)C[C@@H](c2ccc3nccn3c2)N=C1N. The number of guanidine groups is 1. The van der Waals surface area contributed by atoms with Gasteiger partial charge in [0.2, 0.25) is 5.91 Å². The van der Waals surface area contributed by atoms with E-state index in [4.69, 9.17) is 5.73 Å². The monoisotopic (exact) mass is 243 g/mol. The van der Waals surface area contributed by atoms with Gasteiger partial charge in [-0.05, 0) is 11.6 Å². The van der Waals surface area contributed by atoms with E-state index in [1.54, 1.807) is 13.2 Å². The summed E-state index contributed by atoms with van der Waals surface area (Å²) in [6, 6.07) is 3.63. The van der Waals surface area contributed by atoms with Crippen LogP contribution >= 0.6 is 0 Å². The fourth-order valence-corrected chi connectivity index (χ4v) is 2.05. The van der Waals surface area contributed by atoms with Crippen molar-refractivity contribution < 1.29 is 4.79 Å². The molecule has 3 rings (SSSR count). The lowest BCUT2D eigenvalue weighted by Crippen LogP contribution is -2.42. The summed E-state index contributed by atoms with van der Waals surface area (Å²) in [6.45, 7) is 0. The Kier molecular flexibility index (Phi) is 2.29. The van der Waals surface area contributed by atoms with Crippen molar-refractivity contribution in [2.24, 2.45) is 10.7 Å². The third-order valence-corrected chi connectivity index (χ3v) is 3.17. The first-order valence-corrected chi connectivity index (χ1v) is 5.67. The van der Waals surface area contributed by atoms with Gasteiger partial charge in [0.25, 0.3) is 0 Å². The van der Waals surface area contributed by atoms with E-state index in [-0.39, 0.29) is 17.9 Å². The van der Waals surface area contributed by atoms with Gasteiger partial charge in [-0.25, -0.2) is 9.98 Å². The van der Waals surface area contributed by atoms with Crippen molar-refractivity contribution in [3.05, 3.63) is 36.3 Å². The first-order valence-electron chi connectivity index (χ1n) is 5.67. The van der Waals surface area contributed by atoms with Gasteiger partial charge in [0.05, 0.1) is 12.5 Å². The number of pyridine rings is 1. The molecule has 0 spiro atoms. The van der Waals surface area contributed by atoms with E-state index in [0.717, 1.165) is 11.2 Å². The predicted molar refractivity (Wildman–Crippen MR) is 66.9 cm³/mol. The maximum absolute atomic E-state index is 11.7. The molecule has 0 aromatic carbocycles. The van der Waals surface area contributed by atoms with Crippen molar-refractivity contribution in [3.8, 4) is 0 Å². The van der Waals surface area contributed by atoms with Gasteiger partial charge in [0.15, 0.2) is 5.96 Å². The van der Waals surface area contributed by atoms with E-state index in [0.29, 0.717) is 6.42 Å². The van der Waals surface area contributed by atoms with Crippen LogP contribution in [0.4, 0.5) is 0 Å². The summed E-state index contributed by atoms with van der Waals surface area (Å²) in [6.07, 6.45) is 5.87. The molecular weight excluding hydrogens is 230 g/mol. The molecule has 0 radical (unpaired) electrons. The Hall–Kier alpha value is -2.37. The normalized spacial score (nSPS) is 20.3. The number of aromatic nitrogens is 2. The first-order chi connectivity index (χ1) is 8.65. The highest BCUT2D eigenvalue weighted by atomic mass is 16.2. The predicted octanol–water partition coefficient (Wildman–Crippen LogP) is 0.552. The maximum atomic E-state index is 11.7. The number of nitrogens with two attached hydrogens (primary N) is 1. The molecule has 0 aliphatic carbocycles. The summed E-state index contributed by atoms with van der Waals surface area (Å²) < 4.78 is 1.91. The Balaban J connectivity index is 2.01. The van der Waals surface area contributed by atoms with E-state index in [1.165, 1.54) is 4.90 Å². The van der Waals surface area contributed by atoms with E-state index in [2.05, 4.69) is 9.98 Å². The first kappa shape index (κ1) is 10.8. The molecule has 0 unspecified atom stereocenters.